The molecule has 152 valence electrons. The summed E-state index contributed by atoms with van der Waals surface area (Å²) in [5, 5.41) is 15.2. The second-order valence-corrected chi connectivity index (χ2v) is 8.51. The molecule has 29 heavy (non-hydrogen) atoms. The van der Waals surface area contributed by atoms with Crippen molar-refractivity contribution in [3.8, 4) is 0 Å². The summed E-state index contributed by atoms with van der Waals surface area (Å²) >= 11 is 4.60. The average molecular weight is 483 g/mol. The first kappa shape index (κ1) is 20.1. The lowest BCUT2D eigenvalue weighted by Gasteiger charge is -2.34. The van der Waals surface area contributed by atoms with Crippen LogP contribution in [0.1, 0.15) is 10.4 Å². The smallest absolute Gasteiger partial charge is 0.263 e. The molecule has 1 fully saturated rings. The van der Waals surface area contributed by atoms with E-state index in [1.165, 1.54) is 11.3 Å². The van der Waals surface area contributed by atoms with Gasteiger partial charge in [-0.1, -0.05) is 17.4 Å². The van der Waals surface area contributed by atoms with Crippen LogP contribution in [0.2, 0.25) is 0 Å². The number of aliphatic hydroxyl groups is 1. The van der Waals surface area contributed by atoms with E-state index in [1.807, 2.05) is 18.2 Å². The molecule has 1 unspecified atom stereocenters. The van der Waals surface area contributed by atoms with Crippen molar-refractivity contribution in [1.82, 2.24) is 10.3 Å². The molecule has 1 amide bonds. The first-order chi connectivity index (χ1) is 14.0. The molecule has 3 N–H and O–H groups in total. The Balaban J connectivity index is 1.57. The number of halogens is 3. The normalized spacial score (nSPS) is 17.0. The highest BCUT2D eigenvalue weighted by molar-refractivity contribution is 9.10. The molecule has 2 aromatic carbocycles. The summed E-state index contributed by atoms with van der Waals surface area (Å²) in [6, 6.07) is 7.63. The van der Waals surface area contributed by atoms with Crippen LogP contribution in [0.4, 0.5) is 19.6 Å². The minimum absolute atomic E-state index is 0.0692. The number of carbonyl (C=O) groups excluding carboxylic acids is 1. The van der Waals surface area contributed by atoms with E-state index in [0.717, 1.165) is 21.3 Å². The van der Waals surface area contributed by atoms with Crippen molar-refractivity contribution in [2.45, 2.75) is 6.04 Å². The second kappa shape index (κ2) is 8.31. The van der Waals surface area contributed by atoms with Crippen molar-refractivity contribution in [2.24, 2.45) is 0 Å². The summed E-state index contributed by atoms with van der Waals surface area (Å²) in [5.74, 6) is -2.78. The third-order valence-corrected chi connectivity index (χ3v) is 6.26. The van der Waals surface area contributed by atoms with Crippen LogP contribution in [0, 0.1) is 11.6 Å². The summed E-state index contributed by atoms with van der Waals surface area (Å²) in [5.41, 5.74) is 0.350. The first-order valence-corrected chi connectivity index (χ1v) is 10.5. The van der Waals surface area contributed by atoms with Gasteiger partial charge in [0.15, 0.2) is 5.13 Å². The number of hydrogen-bond acceptors (Lipinski definition) is 6. The monoisotopic (exact) mass is 482 g/mol. The molecule has 0 saturated carbocycles. The number of nitrogens with zero attached hydrogens (tertiary/aromatic N) is 2. The van der Waals surface area contributed by atoms with E-state index in [2.05, 4.69) is 31.5 Å². The van der Waals surface area contributed by atoms with Gasteiger partial charge in [-0.2, -0.15) is 0 Å². The minimum atomic E-state index is -0.945. The zero-order valence-electron chi connectivity index (χ0n) is 15.1. The average Bonchev–Trinajstić information content (AvgIpc) is 3.11. The van der Waals surface area contributed by atoms with E-state index in [4.69, 9.17) is 0 Å². The number of amides is 1. The van der Waals surface area contributed by atoms with Gasteiger partial charge in [-0.15, -0.1) is 0 Å². The number of rotatable bonds is 4. The Morgan fingerprint density at radius 2 is 2.14 bits per heavy atom. The Kier molecular flexibility index (Phi) is 5.77. The maximum Gasteiger partial charge on any atom is 0.263 e. The van der Waals surface area contributed by atoms with Gasteiger partial charge in [0.25, 0.3) is 5.91 Å². The van der Waals surface area contributed by atoms with Crippen molar-refractivity contribution < 1.29 is 18.7 Å². The van der Waals surface area contributed by atoms with Crippen LogP contribution < -0.4 is 15.5 Å². The van der Waals surface area contributed by atoms with E-state index < -0.39 is 23.1 Å². The van der Waals surface area contributed by atoms with Gasteiger partial charge in [0.2, 0.25) is 0 Å². The number of aliphatic hydroxyl groups excluding tert-OH is 1. The molecule has 2 heterocycles. The predicted octanol–water partition coefficient (Wildman–Crippen LogP) is 3.36. The zero-order valence-corrected chi connectivity index (χ0v) is 17.5. The quantitative estimate of drug-likeness (QED) is 0.531. The van der Waals surface area contributed by atoms with Crippen molar-refractivity contribution >= 4 is 54.2 Å². The number of benzene rings is 2. The maximum atomic E-state index is 14.6. The number of anilines is 2. The fraction of sp³-hybridized carbons (Fsp3) is 0.263. The van der Waals surface area contributed by atoms with Crippen LogP contribution in [0.15, 0.2) is 34.8 Å². The fourth-order valence-corrected chi connectivity index (χ4v) is 4.74. The first-order valence-electron chi connectivity index (χ1n) is 8.91. The lowest BCUT2D eigenvalue weighted by atomic mass is 10.1. The lowest BCUT2D eigenvalue weighted by Crippen LogP contribution is -2.52. The third-order valence-electron chi connectivity index (χ3n) is 4.69. The number of hydrogen-bond donors (Lipinski definition) is 3. The van der Waals surface area contributed by atoms with Gasteiger partial charge in [0.1, 0.15) is 17.2 Å². The van der Waals surface area contributed by atoms with Gasteiger partial charge < -0.3 is 15.3 Å². The Bertz CT molecular complexity index is 1050. The summed E-state index contributed by atoms with van der Waals surface area (Å²) in [6.45, 7) is 1.48. The van der Waals surface area contributed by atoms with Crippen LogP contribution >= 0.6 is 27.3 Å². The van der Waals surface area contributed by atoms with E-state index in [-0.39, 0.29) is 17.8 Å². The summed E-state index contributed by atoms with van der Waals surface area (Å²) < 4.78 is 30.9. The van der Waals surface area contributed by atoms with Gasteiger partial charge >= 0.3 is 0 Å². The Morgan fingerprint density at radius 1 is 1.38 bits per heavy atom. The standard InChI is InChI=1S/C19H17BrF2N4O2S/c20-12-2-1-3-15-17(12)24-19(29-15)25-18(28)16-13(21)6-11(7-14(16)22)26-5-4-23-10(8-26)9-27/h1-3,6-7,10,23,27H,4-5,8-9H2,(H,24,25,28). The molecule has 1 atom stereocenters. The second-order valence-electron chi connectivity index (χ2n) is 6.62. The number of thiazole rings is 1. The molecular formula is C19H17BrF2N4O2S. The molecule has 3 aromatic rings. The summed E-state index contributed by atoms with van der Waals surface area (Å²) in [7, 11) is 0. The molecule has 1 aliphatic rings. The van der Waals surface area contributed by atoms with E-state index >= 15 is 0 Å². The Labute approximate surface area is 177 Å². The van der Waals surface area contributed by atoms with Crippen LogP contribution in [0.25, 0.3) is 10.2 Å². The maximum absolute atomic E-state index is 14.6. The van der Waals surface area contributed by atoms with Crippen LogP contribution in [0.3, 0.4) is 0 Å². The van der Waals surface area contributed by atoms with Gasteiger partial charge in [-0.05, 0) is 40.2 Å². The van der Waals surface area contributed by atoms with Crippen LogP contribution in [-0.4, -0.2) is 48.3 Å². The van der Waals surface area contributed by atoms with Gasteiger partial charge in [0, 0.05) is 35.8 Å². The largest absolute Gasteiger partial charge is 0.395 e. The van der Waals surface area contributed by atoms with Crippen molar-refractivity contribution in [3.63, 3.8) is 0 Å². The molecule has 0 radical (unpaired) electrons. The van der Waals surface area contributed by atoms with Crippen molar-refractivity contribution in [2.75, 3.05) is 36.5 Å². The van der Waals surface area contributed by atoms with E-state index in [9.17, 15) is 18.7 Å². The SMILES string of the molecule is O=C(Nc1nc2c(Br)cccc2s1)c1c(F)cc(N2CCNC(CO)C2)cc1F. The summed E-state index contributed by atoms with van der Waals surface area (Å²) in [4.78, 5) is 18.6. The zero-order chi connectivity index (χ0) is 20.5. The van der Waals surface area contributed by atoms with Crippen molar-refractivity contribution in [1.29, 1.82) is 0 Å². The number of para-hydroxylation sites is 1. The molecule has 1 aromatic heterocycles. The van der Waals surface area contributed by atoms with E-state index in [0.29, 0.717) is 30.8 Å². The minimum Gasteiger partial charge on any atom is -0.395 e. The third kappa shape index (κ3) is 4.11. The number of fused-ring (bicyclic) bond motifs is 1. The van der Waals surface area contributed by atoms with E-state index in [1.54, 1.807) is 4.90 Å². The number of piperazine rings is 1. The molecule has 0 bridgehead atoms. The molecule has 1 aliphatic heterocycles. The lowest BCUT2D eigenvalue weighted by molar-refractivity contribution is 0.101. The van der Waals surface area contributed by atoms with Gasteiger partial charge in [-0.3, -0.25) is 10.1 Å². The summed E-state index contributed by atoms with van der Waals surface area (Å²) in [6.07, 6.45) is 0. The number of nitrogens with one attached hydrogen (secondary N) is 2. The van der Waals surface area contributed by atoms with Crippen LogP contribution in [0.5, 0.6) is 0 Å². The van der Waals surface area contributed by atoms with Crippen LogP contribution in [-0.2, 0) is 0 Å². The predicted molar refractivity (Wildman–Crippen MR) is 113 cm³/mol. The molecule has 1 saturated heterocycles. The topological polar surface area (TPSA) is 77.5 Å². The van der Waals surface area contributed by atoms with Gasteiger partial charge in [-0.25, -0.2) is 13.8 Å². The molecular weight excluding hydrogens is 466 g/mol. The molecule has 10 heteroatoms. The Hall–Kier alpha value is -2.14. The highest BCUT2D eigenvalue weighted by Crippen LogP contribution is 2.31. The molecule has 6 nitrogen and oxygen atoms in total. The molecule has 0 spiro atoms. The Morgan fingerprint density at radius 3 is 2.83 bits per heavy atom. The number of aromatic nitrogens is 1. The molecule has 4 rings (SSSR count). The highest BCUT2D eigenvalue weighted by atomic mass is 79.9. The number of carbonyl (C=O) groups is 1. The van der Waals surface area contributed by atoms with Gasteiger partial charge in [0.05, 0.1) is 16.8 Å². The fourth-order valence-electron chi connectivity index (χ4n) is 3.27. The van der Waals surface area contributed by atoms with Crippen molar-refractivity contribution in [3.05, 3.63) is 52.0 Å². The highest BCUT2D eigenvalue weighted by Gasteiger charge is 2.24. The molecule has 0 aliphatic carbocycles.